The van der Waals surface area contributed by atoms with E-state index in [1.165, 1.54) is 0 Å². The Hall–Kier alpha value is 0.570. The molecule has 38 valence electrons. The van der Waals surface area contributed by atoms with Crippen molar-refractivity contribution in [1.29, 1.82) is 0 Å². The van der Waals surface area contributed by atoms with Crippen LogP contribution >= 0.6 is 21.2 Å². The van der Waals surface area contributed by atoms with Gasteiger partial charge in [-0.25, -0.2) is 0 Å². The summed E-state index contributed by atoms with van der Waals surface area (Å²) in [5.41, 5.74) is 0. The Kier molecular flexibility index (Phi) is 2.22. The van der Waals surface area contributed by atoms with Crippen LogP contribution in [0.5, 0.6) is 0 Å². The summed E-state index contributed by atoms with van der Waals surface area (Å²) in [5, 5.41) is 0. The first-order valence-electron chi connectivity index (χ1n) is 0.809. The van der Waals surface area contributed by atoms with Crippen molar-refractivity contribution in [2.45, 2.75) is 0 Å². The first-order chi connectivity index (χ1) is 2.56. The molecule has 0 aliphatic heterocycles. The lowest BCUT2D eigenvalue weighted by Gasteiger charge is -1.74. The van der Waals surface area contributed by atoms with Crippen LogP contribution in [0.4, 0.5) is 4.53 Å². The van der Waals surface area contributed by atoms with Crippen LogP contribution in [0.3, 0.4) is 0 Å². The molecule has 0 aromatic carbocycles. The number of rotatable bonds is 1. The lowest BCUT2D eigenvalue weighted by Crippen LogP contribution is -1.81. The molecule has 0 aliphatic rings. The lowest BCUT2D eigenvalue weighted by molar-refractivity contribution is 0.00867. The maximum atomic E-state index is 10.4. The minimum atomic E-state index is -3.86. The van der Waals surface area contributed by atoms with Crippen LogP contribution < -0.4 is 0 Å². The molecule has 0 heterocycles. The van der Waals surface area contributed by atoms with Gasteiger partial charge < -0.3 is 0 Å². The van der Waals surface area contributed by atoms with Crippen LogP contribution in [0.1, 0.15) is 0 Å². The minimum absolute atomic E-state index is 0.816. The molecule has 0 radical (unpaired) electrons. The predicted molar refractivity (Wildman–Crippen MR) is 25.1 cm³/mol. The van der Waals surface area contributed by atoms with Gasteiger partial charge in [0.1, 0.15) is 21.2 Å². The van der Waals surface area contributed by atoms with Crippen molar-refractivity contribution in [2.75, 3.05) is 0 Å². The van der Waals surface area contributed by atoms with E-state index in [9.17, 15) is 12.9 Å². The topological polar surface area (TPSA) is 43.4 Å². The highest BCUT2D eigenvalue weighted by atomic mass is 127. The van der Waals surface area contributed by atoms with Crippen molar-refractivity contribution < 1.29 is 17.3 Å². The van der Waals surface area contributed by atoms with Crippen molar-refractivity contribution in [2.24, 2.45) is 0 Å². The third kappa shape index (κ3) is 4.57. The molecule has 0 amide bonds. The van der Waals surface area contributed by atoms with Gasteiger partial charge in [-0.05, 0) is 4.53 Å². The quantitative estimate of drug-likeness (QED) is 0.484. The van der Waals surface area contributed by atoms with E-state index >= 15 is 0 Å². The van der Waals surface area contributed by atoms with Gasteiger partial charge in [0.25, 0.3) is 0 Å². The number of hydrogen-bond donors (Lipinski definition) is 0. The van der Waals surface area contributed by atoms with Crippen molar-refractivity contribution in [3.8, 4) is 0 Å². The molecule has 0 unspecified atom stereocenters. The fourth-order valence-corrected chi connectivity index (χ4v) is 0. The Bertz CT molecular complexity index is 113. The smallest absolute Gasteiger partial charge is 0.186 e. The highest BCUT2D eigenvalue weighted by Gasteiger charge is 1.99. The SMILES string of the molecule is O=S(=O)(I)OF. The van der Waals surface area contributed by atoms with Crippen molar-refractivity contribution in [1.82, 2.24) is 0 Å². The molecule has 6 heteroatoms. The van der Waals surface area contributed by atoms with Crippen LogP contribution in [-0.2, 0) is 11.7 Å². The fraction of sp³-hybridized carbons (Fsp3) is 0. The molecule has 6 heavy (non-hydrogen) atoms. The fourth-order valence-electron chi connectivity index (χ4n) is 0. The van der Waals surface area contributed by atoms with Gasteiger partial charge in [0.05, 0.1) is 0 Å². The number of hydrogen-bond acceptors (Lipinski definition) is 3. The van der Waals surface area contributed by atoms with Gasteiger partial charge in [0.15, 0.2) is 0 Å². The standard InChI is InChI=1S/FIO3S/c1-5-6(2,3)4. The van der Waals surface area contributed by atoms with Gasteiger partial charge >= 0.3 is 7.29 Å². The van der Waals surface area contributed by atoms with Crippen molar-refractivity contribution >= 4 is 28.5 Å². The van der Waals surface area contributed by atoms with E-state index in [1.807, 2.05) is 0 Å². The Labute approximate surface area is 46.1 Å². The molecule has 0 aliphatic carbocycles. The summed E-state index contributed by atoms with van der Waals surface area (Å²) < 4.78 is 31.6. The zero-order valence-corrected chi connectivity index (χ0v) is 5.36. The van der Waals surface area contributed by atoms with Gasteiger partial charge in [-0.15, -0.1) is 0 Å². The van der Waals surface area contributed by atoms with Crippen molar-refractivity contribution in [3.05, 3.63) is 0 Å². The third-order valence-electron chi connectivity index (χ3n) is 0.0752. The molecule has 3 nitrogen and oxygen atoms in total. The van der Waals surface area contributed by atoms with Gasteiger partial charge in [-0.3, -0.25) is 0 Å². The van der Waals surface area contributed by atoms with E-state index in [4.69, 9.17) is 0 Å². The predicted octanol–water partition coefficient (Wildman–Crippen LogP) is 0.567. The Morgan fingerprint density at radius 3 is 1.83 bits per heavy atom. The molecule has 0 aromatic rings. The Morgan fingerprint density at radius 1 is 1.67 bits per heavy atom. The average molecular weight is 226 g/mol. The van der Waals surface area contributed by atoms with E-state index < -0.39 is 7.29 Å². The lowest BCUT2D eigenvalue weighted by atomic mass is 15.6. The van der Waals surface area contributed by atoms with Crippen LogP contribution in [0.25, 0.3) is 0 Å². The molecule has 0 saturated heterocycles. The van der Waals surface area contributed by atoms with Crippen LogP contribution in [0.15, 0.2) is 0 Å². The first-order valence-corrected chi connectivity index (χ1v) is 4.76. The Balaban J connectivity index is 3.85. The molecule has 0 aromatic heterocycles. The van der Waals surface area contributed by atoms with Crippen molar-refractivity contribution in [3.63, 3.8) is 0 Å². The molecule has 0 bridgehead atoms. The molecular weight excluding hydrogens is 226 g/mol. The third-order valence-corrected chi connectivity index (χ3v) is 0.633. The van der Waals surface area contributed by atoms with E-state index in [0.717, 1.165) is 21.2 Å². The van der Waals surface area contributed by atoms with E-state index in [2.05, 4.69) is 4.39 Å². The maximum absolute atomic E-state index is 10.4. The van der Waals surface area contributed by atoms with Crippen LogP contribution in [0, 0.1) is 0 Å². The summed E-state index contributed by atoms with van der Waals surface area (Å²) in [6, 6.07) is 0. The van der Waals surface area contributed by atoms with Gasteiger partial charge in [0, 0.05) is 0 Å². The molecule has 0 atom stereocenters. The zero-order chi connectivity index (χ0) is 5.21. The summed E-state index contributed by atoms with van der Waals surface area (Å²) in [5.74, 6) is 0. The summed E-state index contributed by atoms with van der Waals surface area (Å²) in [6.45, 7) is 0. The minimum Gasteiger partial charge on any atom is -0.186 e. The zero-order valence-electron chi connectivity index (χ0n) is 2.39. The number of halogens is 2. The normalized spacial score (nSPS) is 11.7. The highest BCUT2D eigenvalue weighted by molar-refractivity contribution is 14.2. The largest absolute Gasteiger partial charge is 0.351 e. The van der Waals surface area contributed by atoms with E-state index in [1.54, 1.807) is 0 Å². The summed E-state index contributed by atoms with van der Waals surface area (Å²) in [6.07, 6.45) is 0. The van der Waals surface area contributed by atoms with E-state index in [-0.39, 0.29) is 0 Å². The highest BCUT2D eigenvalue weighted by Crippen LogP contribution is 2.01. The van der Waals surface area contributed by atoms with Crippen LogP contribution in [0.2, 0.25) is 0 Å². The van der Waals surface area contributed by atoms with Gasteiger partial charge in [-0.1, -0.05) is 4.39 Å². The average Bonchev–Trinajstić information content (AvgIpc) is 1.35. The van der Waals surface area contributed by atoms with E-state index in [0.29, 0.717) is 0 Å². The molecule has 0 rings (SSSR count). The summed E-state index contributed by atoms with van der Waals surface area (Å²) in [7, 11) is -3.86. The second-order valence-corrected chi connectivity index (χ2v) is 4.60. The molecule has 0 spiro atoms. The molecule has 0 fully saturated rings. The maximum Gasteiger partial charge on any atom is 0.351 e. The van der Waals surface area contributed by atoms with Gasteiger partial charge in [0.2, 0.25) is 0 Å². The second kappa shape index (κ2) is 2.03. The molecule has 0 N–H and O–H groups in total. The first kappa shape index (κ1) is 6.57. The molecule has 0 saturated carbocycles. The summed E-state index contributed by atoms with van der Waals surface area (Å²) >= 11 is 0.816. The molecular formula is FIO3S. The summed E-state index contributed by atoms with van der Waals surface area (Å²) in [4.78, 5) is 0. The van der Waals surface area contributed by atoms with Crippen LogP contribution in [-0.4, -0.2) is 8.42 Å². The van der Waals surface area contributed by atoms with Gasteiger partial charge in [-0.2, -0.15) is 8.42 Å². The monoisotopic (exact) mass is 226 g/mol. The second-order valence-electron chi connectivity index (χ2n) is 0.456. The Morgan fingerprint density at radius 2 is 1.83 bits per heavy atom.